The number of hydrogen-bond donors (Lipinski definition) is 1. The van der Waals surface area contributed by atoms with Gasteiger partial charge in [0.2, 0.25) is 0 Å². The number of nitrogens with zero attached hydrogens (tertiary/aromatic N) is 3. The van der Waals surface area contributed by atoms with Gasteiger partial charge in [0, 0.05) is 30.9 Å². The van der Waals surface area contributed by atoms with Gasteiger partial charge in [-0.05, 0) is 52.0 Å². The second-order valence-corrected chi connectivity index (χ2v) is 8.38. The van der Waals surface area contributed by atoms with Gasteiger partial charge >= 0.3 is 0 Å². The number of nitrogens with one attached hydrogen (secondary N) is 1. The summed E-state index contributed by atoms with van der Waals surface area (Å²) in [6, 6.07) is 3.01. The molecule has 3 rings (SSSR count). The average Bonchev–Trinajstić information content (AvgIpc) is 3.01. The van der Waals surface area contributed by atoms with Crippen molar-refractivity contribution in [2.24, 2.45) is 0 Å². The summed E-state index contributed by atoms with van der Waals surface area (Å²) in [7, 11) is 0. The minimum absolute atomic E-state index is 0.0300. The Morgan fingerprint density at radius 2 is 2.00 bits per heavy atom. The minimum Gasteiger partial charge on any atom is -0.347 e. The lowest BCUT2D eigenvalue weighted by molar-refractivity contribution is 0.0931. The molecule has 2 heterocycles. The molecule has 5 heteroatoms. The van der Waals surface area contributed by atoms with E-state index in [1.54, 1.807) is 0 Å². The van der Waals surface area contributed by atoms with Crippen LogP contribution in [0.3, 0.4) is 0 Å². The largest absolute Gasteiger partial charge is 0.347 e. The van der Waals surface area contributed by atoms with Crippen molar-refractivity contribution < 1.29 is 4.79 Å². The Kier molecular flexibility index (Phi) is 4.25. The molecular formula is C18H30N4O. The third kappa shape index (κ3) is 3.60. The lowest BCUT2D eigenvalue weighted by Crippen LogP contribution is -2.37. The second kappa shape index (κ2) is 5.93. The first-order valence-corrected chi connectivity index (χ1v) is 8.91. The molecule has 2 fully saturated rings. The molecule has 1 aromatic heterocycles. The van der Waals surface area contributed by atoms with Crippen molar-refractivity contribution in [1.82, 2.24) is 20.0 Å². The predicted octanol–water partition coefficient (Wildman–Crippen LogP) is 2.73. The summed E-state index contributed by atoms with van der Waals surface area (Å²) in [5.74, 6) is 0.317. The summed E-state index contributed by atoms with van der Waals surface area (Å²) in [6.07, 6.45) is 3.71. The van der Waals surface area contributed by atoms with E-state index in [1.165, 1.54) is 12.8 Å². The Balaban J connectivity index is 1.69. The topological polar surface area (TPSA) is 50.2 Å². The first kappa shape index (κ1) is 16.5. The van der Waals surface area contributed by atoms with E-state index < -0.39 is 0 Å². The molecule has 0 radical (unpaired) electrons. The van der Waals surface area contributed by atoms with Crippen molar-refractivity contribution in [3.05, 3.63) is 17.5 Å². The van der Waals surface area contributed by atoms with Gasteiger partial charge in [0.15, 0.2) is 0 Å². The van der Waals surface area contributed by atoms with Crippen molar-refractivity contribution in [2.75, 3.05) is 13.1 Å². The Hall–Kier alpha value is -1.36. The number of aromatic nitrogens is 2. The van der Waals surface area contributed by atoms with Crippen LogP contribution in [0.4, 0.5) is 0 Å². The molecule has 5 nitrogen and oxygen atoms in total. The lowest BCUT2D eigenvalue weighted by Gasteiger charge is -2.23. The van der Waals surface area contributed by atoms with Crippen molar-refractivity contribution >= 4 is 5.91 Å². The van der Waals surface area contributed by atoms with Crippen LogP contribution in [0.5, 0.6) is 0 Å². The van der Waals surface area contributed by atoms with Crippen molar-refractivity contribution in [3.63, 3.8) is 0 Å². The second-order valence-electron chi connectivity index (χ2n) is 8.38. The zero-order chi connectivity index (χ0) is 16.8. The van der Waals surface area contributed by atoms with E-state index >= 15 is 0 Å². The van der Waals surface area contributed by atoms with E-state index in [-0.39, 0.29) is 17.5 Å². The first-order chi connectivity index (χ1) is 10.8. The molecule has 128 valence electrons. The van der Waals surface area contributed by atoms with E-state index in [4.69, 9.17) is 0 Å². The highest BCUT2D eigenvalue weighted by atomic mass is 16.2. The van der Waals surface area contributed by atoms with Gasteiger partial charge in [-0.2, -0.15) is 5.10 Å². The summed E-state index contributed by atoms with van der Waals surface area (Å²) >= 11 is 0. The molecule has 1 saturated heterocycles. The fourth-order valence-corrected chi connectivity index (χ4v) is 3.39. The fourth-order valence-electron chi connectivity index (χ4n) is 3.39. The molecule has 0 bridgehead atoms. The third-order valence-corrected chi connectivity index (χ3v) is 4.81. The number of carbonyl (C=O) groups is 1. The fraction of sp³-hybridized carbons (Fsp3) is 0.778. The van der Waals surface area contributed by atoms with E-state index in [1.807, 2.05) is 10.7 Å². The number of carbonyl (C=O) groups excluding carboxylic acids is 1. The van der Waals surface area contributed by atoms with Gasteiger partial charge in [0.05, 0.1) is 5.54 Å². The molecule has 1 atom stereocenters. The highest BCUT2D eigenvalue weighted by molar-refractivity contribution is 5.92. The maximum atomic E-state index is 12.6. The van der Waals surface area contributed by atoms with E-state index in [9.17, 15) is 4.79 Å². The number of rotatable bonds is 4. The zero-order valence-electron chi connectivity index (χ0n) is 15.1. The molecule has 1 aromatic rings. The first-order valence-electron chi connectivity index (χ1n) is 8.91. The Labute approximate surface area is 139 Å². The van der Waals surface area contributed by atoms with Gasteiger partial charge in [-0.3, -0.25) is 14.4 Å². The Morgan fingerprint density at radius 3 is 2.52 bits per heavy atom. The molecular weight excluding hydrogens is 288 g/mol. The van der Waals surface area contributed by atoms with E-state index in [0.29, 0.717) is 11.6 Å². The SMILES string of the molecule is CC(C)c1cc(C(=O)N[C@@H]2CCN(C3CC3)C2)nn1C(C)(C)C. The summed E-state index contributed by atoms with van der Waals surface area (Å²) in [5.41, 5.74) is 1.55. The molecule has 1 aliphatic carbocycles. The molecule has 1 amide bonds. The van der Waals surface area contributed by atoms with Crippen LogP contribution in [0.2, 0.25) is 0 Å². The molecule has 1 aliphatic heterocycles. The molecule has 0 aromatic carbocycles. The monoisotopic (exact) mass is 318 g/mol. The average molecular weight is 318 g/mol. The lowest BCUT2D eigenvalue weighted by atomic mass is 10.1. The zero-order valence-corrected chi connectivity index (χ0v) is 15.1. The van der Waals surface area contributed by atoms with Crippen LogP contribution in [0, 0.1) is 0 Å². The van der Waals surface area contributed by atoms with Gasteiger partial charge < -0.3 is 5.32 Å². The van der Waals surface area contributed by atoms with Crippen LogP contribution >= 0.6 is 0 Å². The molecule has 0 spiro atoms. The maximum Gasteiger partial charge on any atom is 0.272 e. The Morgan fingerprint density at radius 1 is 1.30 bits per heavy atom. The quantitative estimate of drug-likeness (QED) is 0.928. The van der Waals surface area contributed by atoms with Crippen LogP contribution in [-0.4, -0.2) is 45.8 Å². The van der Waals surface area contributed by atoms with Crippen molar-refractivity contribution in [1.29, 1.82) is 0 Å². The van der Waals surface area contributed by atoms with Crippen LogP contribution in [0.15, 0.2) is 6.07 Å². The molecule has 1 saturated carbocycles. The summed E-state index contributed by atoms with van der Waals surface area (Å²) in [6.45, 7) is 12.8. The highest BCUT2D eigenvalue weighted by Crippen LogP contribution is 2.30. The standard InChI is InChI=1S/C18H30N4O/c1-12(2)16-10-15(20-22(16)18(3,4)5)17(23)19-13-8-9-21(11-13)14-6-7-14/h10,12-14H,6-9,11H2,1-5H3,(H,19,23)/t13-/m1/s1. The van der Waals surface area contributed by atoms with E-state index in [0.717, 1.165) is 31.2 Å². The van der Waals surface area contributed by atoms with E-state index in [2.05, 4.69) is 49.9 Å². The van der Waals surface area contributed by atoms with Crippen molar-refractivity contribution in [2.45, 2.75) is 77.4 Å². The molecule has 2 aliphatic rings. The maximum absolute atomic E-state index is 12.6. The number of hydrogen-bond acceptors (Lipinski definition) is 3. The Bertz CT molecular complexity index is 580. The predicted molar refractivity (Wildman–Crippen MR) is 91.8 cm³/mol. The van der Waals surface area contributed by atoms with Gasteiger partial charge in [-0.25, -0.2) is 0 Å². The van der Waals surface area contributed by atoms with Gasteiger partial charge in [-0.1, -0.05) is 13.8 Å². The number of likely N-dealkylation sites (tertiary alicyclic amines) is 1. The smallest absolute Gasteiger partial charge is 0.272 e. The highest BCUT2D eigenvalue weighted by Gasteiger charge is 2.35. The van der Waals surface area contributed by atoms with Gasteiger partial charge in [-0.15, -0.1) is 0 Å². The minimum atomic E-state index is -0.117. The van der Waals surface area contributed by atoms with Gasteiger partial charge in [0.1, 0.15) is 5.69 Å². The van der Waals surface area contributed by atoms with Crippen LogP contribution in [-0.2, 0) is 5.54 Å². The third-order valence-electron chi connectivity index (χ3n) is 4.81. The molecule has 0 unspecified atom stereocenters. The van der Waals surface area contributed by atoms with Crippen molar-refractivity contribution in [3.8, 4) is 0 Å². The van der Waals surface area contributed by atoms with Crippen LogP contribution < -0.4 is 5.32 Å². The normalized spacial score (nSPS) is 22.8. The van der Waals surface area contributed by atoms with Crippen LogP contribution in [0.1, 0.15) is 76.0 Å². The molecule has 1 N–H and O–H groups in total. The number of amides is 1. The van der Waals surface area contributed by atoms with Gasteiger partial charge in [0.25, 0.3) is 5.91 Å². The van der Waals surface area contributed by atoms with Crippen LogP contribution in [0.25, 0.3) is 0 Å². The summed E-state index contributed by atoms with van der Waals surface area (Å²) < 4.78 is 2.00. The molecule has 23 heavy (non-hydrogen) atoms. The summed E-state index contributed by atoms with van der Waals surface area (Å²) in [5, 5.41) is 7.78. The summed E-state index contributed by atoms with van der Waals surface area (Å²) in [4.78, 5) is 15.1.